The molecule has 0 bridgehead atoms. The molecule has 9 heteroatoms. The second kappa shape index (κ2) is 8.68. The number of aromatic nitrogens is 4. The number of benzene rings is 1. The van der Waals surface area contributed by atoms with Crippen LogP contribution in [0.5, 0.6) is 0 Å². The highest BCUT2D eigenvalue weighted by Crippen LogP contribution is 2.17. The molecule has 1 fully saturated rings. The number of amides is 2. The van der Waals surface area contributed by atoms with Gasteiger partial charge in [0.2, 0.25) is 5.91 Å². The maximum atomic E-state index is 13.0. The summed E-state index contributed by atoms with van der Waals surface area (Å²) < 4.78 is 6.67. The molecule has 3 aromatic rings. The highest BCUT2D eigenvalue weighted by atomic mass is 16.3. The quantitative estimate of drug-likeness (QED) is 0.679. The van der Waals surface area contributed by atoms with Gasteiger partial charge in [-0.1, -0.05) is 30.3 Å². The van der Waals surface area contributed by atoms with Crippen LogP contribution in [-0.4, -0.2) is 56.1 Å². The number of furan rings is 1. The van der Waals surface area contributed by atoms with Crippen molar-refractivity contribution in [2.45, 2.75) is 31.3 Å². The van der Waals surface area contributed by atoms with E-state index in [9.17, 15) is 9.59 Å². The average molecular weight is 394 g/mol. The molecule has 29 heavy (non-hydrogen) atoms. The summed E-state index contributed by atoms with van der Waals surface area (Å²) in [5, 5.41) is 14.4. The lowest BCUT2D eigenvalue weighted by Gasteiger charge is -2.32. The largest absolute Gasteiger partial charge is 0.459 e. The van der Waals surface area contributed by atoms with Crippen LogP contribution in [0.4, 0.5) is 0 Å². The summed E-state index contributed by atoms with van der Waals surface area (Å²) >= 11 is 0. The molecule has 1 aliphatic rings. The number of likely N-dealkylation sites (tertiary alicyclic amines) is 1. The van der Waals surface area contributed by atoms with Crippen LogP contribution in [0.15, 0.2) is 59.5 Å². The lowest BCUT2D eigenvalue weighted by molar-refractivity contribution is -0.125. The number of hydrogen-bond acceptors (Lipinski definition) is 6. The van der Waals surface area contributed by atoms with Gasteiger partial charge in [0.15, 0.2) is 5.76 Å². The molecule has 150 valence electrons. The number of piperidine rings is 1. The normalized spacial score (nSPS) is 15.8. The standard InChI is InChI=1S/C20H22N6O3/c27-19(17(26-14-21-23-24-26)13-15-5-2-1-3-6-15)22-16-8-10-25(11-9-16)20(28)18-7-4-12-29-18/h1-7,12,14,16-17H,8-11,13H2,(H,22,27)/t17-/m1/s1. The molecule has 2 amide bonds. The molecule has 1 aliphatic heterocycles. The molecule has 0 unspecified atom stereocenters. The van der Waals surface area contributed by atoms with Crippen LogP contribution in [0.2, 0.25) is 0 Å². The summed E-state index contributed by atoms with van der Waals surface area (Å²) in [6.45, 7) is 1.14. The first kappa shape index (κ1) is 18.9. The van der Waals surface area contributed by atoms with E-state index in [2.05, 4.69) is 20.8 Å². The Labute approximate surface area is 167 Å². The Kier molecular flexibility index (Phi) is 5.64. The van der Waals surface area contributed by atoms with E-state index in [1.165, 1.54) is 17.3 Å². The first-order valence-electron chi connectivity index (χ1n) is 9.60. The number of hydrogen-bond donors (Lipinski definition) is 1. The first-order valence-corrected chi connectivity index (χ1v) is 9.60. The zero-order chi connectivity index (χ0) is 20.1. The maximum absolute atomic E-state index is 13.0. The van der Waals surface area contributed by atoms with Gasteiger partial charge in [-0.25, -0.2) is 4.68 Å². The molecule has 1 atom stereocenters. The van der Waals surface area contributed by atoms with Gasteiger partial charge >= 0.3 is 0 Å². The monoisotopic (exact) mass is 394 g/mol. The SMILES string of the molecule is O=C(NC1CCN(C(=O)c2ccco2)CC1)[C@@H](Cc1ccccc1)n1cnnn1. The number of carbonyl (C=O) groups excluding carboxylic acids is 2. The van der Waals surface area contributed by atoms with Gasteiger partial charge in [0.1, 0.15) is 12.4 Å². The van der Waals surface area contributed by atoms with E-state index in [0.29, 0.717) is 38.1 Å². The zero-order valence-electron chi connectivity index (χ0n) is 15.8. The van der Waals surface area contributed by atoms with Crippen molar-refractivity contribution in [3.8, 4) is 0 Å². The van der Waals surface area contributed by atoms with Gasteiger partial charge in [-0.3, -0.25) is 9.59 Å². The van der Waals surface area contributed by atoms with Crippen molar-refractivity contribution in [2.24, 2.45) is 0 Å². The smallest absolute Gasteiger partial charge is 0.289 e. The Morgan fingerprint density at radius 2 is 1.93 bits per heavy atom. The number of nitrogens with one attached hydrogen (secondary N) is 1. The van der Waals surface area contributed by atoms with Crippen LogP contribution in [0.1, 0.15) is 35.0 Å². The van der Waals surface area contributed by atoms with E-state index < -0.39 is 6.04 Å². The Hall–Kier alpha value is -3.49. The molecule has 9 nitrogen and oxygen atoms in total. The summed E-state index contributed by atoms with van der Waals surface area (Å²) in [5.41, 5.74) is 1.03. The Balaban J connectivity index is 1.36. The molecular weight excluding hydrogens is 372 g/mol. The predicted molar refractivity (Wildman–Crippen MR) is 103 cm³/mol. The summed E-state index contributed by atoms with van der Waals surface area (Å²) in [4.78, 5) is 27.1. The molecule has 0 spiro atoms. The van der Waals surface area contributed by atoms with E-state index in [-0.39, 0.29) is 17.9 Å². The highest BCUT2D eigenvalue weighted by Gasteiger charge is 2.29. The summed E-state index contributed by atoms with van der Waals surface area (Å²) in [6.07, 6.45) is 4.81. The second-order valence-electron chi connectivity index (χ2n) is 7.05. The number of rotatable bonds is 6. The number of tetrazole rings is 1. The van der Waals surface area contributed by atoms with Crippen LogP contribution in [0, 0.1) is 0 Å². The van der Waals surface area contributed by atoms with Crippen molar-refractivity contribution >= 4 is 11.8 Å². The zero-order valence-corrected chi connectivity index (χ0v) is 15.8. The molecular formula is C20H22N6O3. The van der Waals surface area contributed by atoms with E-state index in [1.807, 2.05) is 30.3 Å². The second-order valence-corrected chi connectivity index (χ2v) is 7.05. The van der Waals surface area contributed by atoms with Crippen molar-refractivity contribution in [1.82, 2.24) is 30.4 Å². The van der Waals surface area contributed by atoms with Crippen LogP contribution < -0.4 is 5.32 Å². The molecule has 0 aliphatic carbocycles. The Morgan fingerprint density at radius 3 is 2.59 bits per heavy atom. The third kappa shape index (κ3) is 4.50. The van der Waals surface area contributed by atoms with Gasteiger partial charge < -0.3 is 14.6 Å². The fourth-order valence-electron chi connectivity index (χ4n) is 3.54. The number of nitrogens with zero attached hydrogens (tertiary/aromatic N) is 5. The fourth-order valence-corrected chi connectivity index (χ4v) is 3.54. The van der Waals surface area contributed by atoms with Crippen molar-refractivity contribution < 1.29 is 14.0 Å². The van der Waals surface area contributed by atoms with E-state index in [0.717, 1.165) is 5.56 Å². The Bertz CT molecular complexity index is 919. The van der Waals surface area contributed by atoms with E-state index in [4.69, 9.17) is 4.42 Å². The molecule has 1 N–H and O–H groups in total. The maximum Gasteiger partial charge on any atom is 0.289 e. The van der Waals surface area contributed by atoms with Crippen molar-refractivity contribution in [2.75, 3.05) is 13.1 Å². The van der Waals surface area contributed by atoms with Gasteiger partial charge in [-0.2, -0.15) is 0 Å². The van der Waals surface area contributed by atoms with Gasteiger partial charge in [-0.15, -0.1) is 5.10 Å². The molecule has 4 rings (SSSR count). The lowest BCUT2D eigenvalue weighted by atomic mass is 10.0. The minimum absolute atomic E-state index is 0.00194. The third-order valence-electron chi connectivity index (χ3n) is 5.12. The van der Waals surface area contributed by atoms with E-state index in [1.54, 1.807) is 17.0 Å². The number of carbonyl (C=O) groups is 2. The Morgan fingerprint density at radius 1 is 1.14 bits per heavy atom. The van der Waals surface area contributed by atoms with Crippen LogP contribution in [0.25, 0.3) is 0 Å². The van der Waals surface area contributed by atoms with Gasteiger partial charge in [-0.05, 0) is 41.0 Å². The van der Waals surface area contributed by atoms with Crippen LogP contribution in [0.3, 0.4) is 0 Å². The molecule has 0 saturated carbocycles. The third-order valence-corrected chi connectivity index (χ3v) is 5.12. The topological polar surface area (TPSA) is 106 Å². The van der Waals surface area contributed by atoms with Gasteiger partial charge in [0, 0.05) is 25.6 Å². The van der Waals surface area contributed by atoms with E-state index >= 15 is 0 Å². The molecule has 3 heterocycles. The lowest BCUT2D eigenvalue weighted by Crippen LogP contribution is -2.48. The summed E-state index contributed by atoms with van der Waals surface area (Å²) in [7, 11) is 0. The van der Waals surface area contributed by atoms with Crippen molar-refractivity contribution in [3.05, 3.63) is 66.4 Å². The minimum Gasteiger partial charge on any atom is -0.459 e. The van der Waals surface area contributed by atoms with Crippen LogP contribution in [-0.2, 0) is 11.2 Å². The molecule has 1 saturated heterocycles. The summed E-state index contributed by atoms with van der Waals surface area (Å²) in [5.74, 6) is 0.0986. The van der Waals surface area contributed by atoms with Gasteiger partial charge in [0.05, 0.1) is 6.26 Å². The first-order chi connectivity index (χ1) is 14.2. The molecule has 1 aromatic carbocycles. The van der Waals surface area contributed by atoms with Crippen molar-refractivity contribution in [1.29, 1.82) is 0 Å². The van der Waals surface area contributed by atoms with Crippen molar-refractivity contribution in [3.63, 3.8) is 0 Å². The van der Waals surface area contributed by atoms with Gasteiger partial charge in [0.25, 0.3) is 5.91 Å². The minimum atomic E-state index is -0.532. The van der Waals surface area contributed by atoms with Crippen LogP contribution >= 0.6 is 0 Å². The molecule has 0 radical (unpaired) electrons. The average Bonchev–Trinajstić information content (AvgIpc) is 3.47. The molecule has 2 aromatic heterocycles. The fraction of sp³-hybridized carbons (Fsp3) is 0.350. The predicted octanol–water partition coefficient (Wildman–Crippen LogP) is 1.47. The highest BCUT2D eigenvalue weighted by molar-refractivity contribution is 5.91. The summed E-state index contributed by atoms with van der Waals surface area (Å²) in [6, 6.07) is 12.6.